The fraction of sp³-hybridized carbons (Fsp3) is 0.483. The number of halogens is 1. The molecule has 2 aromatic carbocycles. The molecular weight excluding hydrogens is 522 g/mol. The fourth-order valence-corrected chi connectivity index (χ4v) is 9.20. The van der Waals surface area contributed by atoms with Crippen LogP contribution in [-0.2, 0) is 20.9 Å². The lowest BCUT2D eigenvalue weighted by atomic mass is 9.66. The Kier molecular flexibility index (Phi) is 8.03. The molecule has 3 unspecified atom stereocenters. The van der Waals surface area contributed by atoms with E-state index in [-0.39, 0.29) is 35.5 Å². The van der Waals surface area contributed by atoms with E-state index in [1.807, 2.05) is 30.3 Å². The molecule has 3 saturated heterocycles. The van der Waals surface area contributed by atoms with E-state index in [4.69, 9.17) is 11.6 Å². The number of nitrogens with zero attached hydrogens (tertiary/aromatic N) is 1. The average Bonchev–Trinajstić information content (AvgIpc) is 3.51. The summed E-state index contributed by atoms with van der Waals surface area (Å²) in [5.74, 6) is -1.45. The van der Waals surface area contributed by atoms with Crippen LogP contribution >= 0.6 is 23.4 Å². The van der Waals surface area contributed by atoms with Crippen LogP contribution in [0.1, 0.15) is 38.2 Å². The number of para-hydroxylation sites is 1. The number of unbranched alkanes of at least 4 members (excludes halogenated alkanes) is 2. The lowest BCUT2D eigenvalue weighted by Gasteiger charge is -2.38. The highest BCUT2D eigenvalue weighted by Gasteiger charge is 2.75. The molecule has 3 aliphatic heterocycles. The second-order valence-electron chi connectivity index (χ2n) is 10.5. The normalized spacial score (nSPS) is 29.4. The Hall–Kier alpha value is -2.55. The number of carbonyl (C=O) groups excluding carboxylic acids is 3. The highest BCUT2D eigenvalue weighted by molar-refractivity contribution is 8.02. The van der Waals surface area contributed by atoms with Crippen molar-refractivity contribution >= 4 is 46.8 Å². The van der Waals surface area contributed by atoms with Gasteiger partial charge in [-0.25, -0.2) is 0 Å². The molecule has 9 heteroatoms. The number of nitrogens with one attached hydrogen (secondary N) is 2. The summed E-state index contributed by atoms with van der Waals surface area (Å²) < 4.78 is -0.682. The van der Waals surface area contributed by atoms with Gasteiger partial charge in [0.1, 0.15) is 6.04 Å². The maximum atomic E-state index is 14.1. The molecule has 2 bridgehead atoms. The lowest BCUT2D eigenvalue weighted by Crippen LogP contribution is -2.55. The molecule has 3 aliphatic rings. The molecule has 0 aromatic heterocycles. The topological polar surface area (TPSA) is 98.7 Å². The number of hydrogen-bond acceptors (Lipinski definition) is 5. The van der Waals surface area contributed by atoms with Gasteiger partial charge in [-0.1, -0.05) is 61.0 Å². The highest BCUT2D eigenvalue weighted by atomic mass is 35.5. The van der Waals surface area contributed by atoms with Crippen molar-refractivity contribution in [2.75, 3.05) is 18.5 Å². The number of aliphatic hydroxyl groups excluding tert-OH is 1. The number of aliphatic hydroxyl groups is 1. The predicted molar refractivity (Wildman–Crippen MR) is 150 cm³/mol. The molecule has 38 heavy (non-hydrogen) atoms. The standard InChI is InChI=1S/C29H34ClN3O4S/c1-18-16-22-23(26(35)31-17-19-10-4-2-5-11-19)24-28(37)33(14-8-3-9-15-34)25(29(18,24)38-22)27(36)32-21-13-7-6-12-20(21)30/h2,4-7,10-13,18,22-25,34H,3,8-9,14-17H2,1H3,(H,31,35)(H,32,36)/t18?,22-,23+,24+,25?,29?/m1/s1. The van der Waals surface area contributed by atoms with Crippen molar-refractivity contribution in [3.63, 3.8) is 0 Å². The Morgan fingerprint density at radius 3 is 2.55 bits per heavy atom. The molecule has 0 aliphatic carbocycles. The Labute approximate surface area is 232 Å². The van der Waals surface area contributed by atoms with Gasteiger partial charge in [0.2, 0.25) is 17.7 Å². The van der Waals surface area contributed by atoms with E-state index in [9.17, 15) is 19.5 Å². The molecule has 6 atom stereocenters. The zero-order valence-electron chi connectivity index (χ0n) is 21.4. The summed E-state index contributed by atoms with van der Waals surface area (Å²) in [5.41, 5.74) is 1.51. The van der Waals surface area contributed by atoms with Crippen molar-refractivity contribution in [3.8, 4) is 0 Å². The van der Waals surface area contributed by atoms with Crippen LogP contribution in [0.3, 0.4) is 0 Å². The molecular formula is C29H34ClN3O4S. The minimum atomic E-state index is -0.706. The van der Waals surface area contributed by atoms with E-state index < -0.39 is 22.6 Å². The lowest BCUT2D eigenvalue weighted by molar-refractivity contribution is -0.139. The molecule has 3 N–H and O–H groups in total. The molecule has 2 aromatic rings. The van der Waals surface area contributed by atoms with Gasteiger partial charge in [-0.3, -0.25) is 14.4 Å². The van der Waals surface area contributed by atoms with E-state index in [2.05, 4.69) is 17.6 Å². The number of rotatable bonds is 10. The Balaban J connectivity index is 1.44. The van der Waals surface area contributed by atoms with Crippen molar-refractivity contribution < 1.29 is 19.5 Å². The molecule has 202 valence electrons. The quantitative estimate of drug-likeness (QED) is 0.383. The maximum absolute atomic E-state index is 14.1. The van der Waals surface area contributed by atoms with Gasteiger partial charge in [-0.05, 0) is 49.3 Å². The Morgan fingerprint density at radius 2 is 1.82 bits per heavy atom. The number of amides is 3. The van der Waals surface area contributed by atoms with Crippen LogP contribution in [0, 0.1) is 17.8 Å². The van der Waals surface area contributed by atoms with Crippen LogP contribution in [0.2, 0.25) is 5.02 Å². The van der Waals surface area contributed by atoms with E-state index in [1.54, 1.807) is 40.9 Å². The third-order valence-corrected chi connectivity index (χ3v) is 10.7. The van der Waals surface area contributed by atoms with Gasteiger partial charge < -0.3 is 20.6 Å². The summed E-state index contributed by atoms with van der Waals surface area (Å²) in [5, 5.41) is 15.7. The summed E-state index contributed by atoms with van der Waals surface area (Å²) in [6.45, 7) is 3.01. The van der Waals surface area contributed by atoms with Crippen molar-refractivity contribution in [1.29, 1.82) is 0 Å². The molecule has 3 amide bonds. The summed E-state index contributed by atoms with van der Waals surface area (Å²) in [6.07, 6.45) is 2.86. The summed E-state index contributed by atoms with van der Waals surface area (Å²) >= 11 is 8.01. The third-order valence-electron chi connectivity index (χ3n) is 8.30. The first-order valence-corrected chi connectivity index (χ1v) is 14.6. The number of fused-ring (bicyclic) bond motifs is 1. The van der Waals surface area contributed by atoms with E-state index in [0.717, 1.165) is 18.4 Å². The predicted octanol–water partition coefficient (Wildman–Crippen LogP) is 4.09. The van der Waals surface area contributed by atoms with E-state index in [1.165, 1.54) is 0 Å². The van der Waals surface area contributed by atoms with Crippen LogP contribution in [0.5, 0.6) is 0 Å². The van der Waals surface area contributed by atoms with Crippen LogP contribution in [0.15, 0.2) is 54.6 Å². The summed E-state index contributed by atoms with van der Waals surface area (Å²) in [4.78, 5) is 43.3. The van der Waals surface area contributed by atoms with Crippen LogP contribution in [0.4, 0.5) is 5.69 Å². The second kappa shape index (κ2) is 11.3. The monoisotopic (exact) mass is 555 g/mol. The third kappa shape index (κ3) is 4.71. The SMILES string of the molecule is CC1C[C@H]2SC13C(C(=O)Nc1ccccc1Cl)N(CCCCCO)C(=O)[C@@H]3[C@H]2C(=O)NCc1ccccc1. The zero-order valence-corrected chi connectivity index (χ0v) is 23.0. The van der Waals surface area contributed by atoms with Crippen LogP contribution in [0.25, 0.3) is 0 Å². The van der Waals surface area contributed by atoms with Gasteiger partial charge in [0, 0.05) is 24.9 Å². The minimum Gasteiger partial charge on any atom is -0.396 e. The summed E-state index contributed by atoms with van der Waals surface area (Å²) in [6, 6.07) is 16.1. The van der Waals surface area contributed by atoms with Crippen molar-refractivity contribution in [1.82, 2.24) is 10.2 Å². The number of likely N-dealkylation sites (tertiary alicyclic amines) is 1. The van der Waals surface area contributed by atoms with Gasteiger partial charge >= 0.3 is 0 Å². The molecule has 5 rings (SSSR count). The Bertz CT molecular complexity index is 1200. The number of anilines is 1. The molecule has 3 heterocycles. The molecule has 3 fully saturated rings. The van der Waals surface area contributed by atoms with Crippen LogP contribution in [-0.4, -0.2) is 56.9 Å². The number of thioether (sulfide) groups is 1. The first-order valence-electron chi connectivity index (χ1n) is 13.3. The van der Waals surface area contributed by atoms with Crippen molar-refractivity contribution in [2.24, 2.45) is 17.8 Å². The molecule has 1 spiro atoms. The second-order valence-corrected chi connectivity index (χ2v) is 12.5. The largest absolute Gasteiger partial charge is 0.396 e. The first-order chi connectivity index (χ1) is 18.4. The van der Waals surface area contributed by atoms with Gasteiger partial charge in [0.15, 0.2) is 0 Å². The summed E-state index contributed by atoms with van der Waals surface area (Å²) in [7, 11) is 0. The van der Waals surface area contributed by atoms with Crippen molar-refractivity contribution in [2.45, 2.75) is 55.2 Å². The van der Waals surface area contributed by atoms with Gasteiger partial charge in [-0.15, -0.1) is 11.8 Å². The van der Waals surface area contributed by atoms with Gasteiger partial charge in [0.05, 0.1) is 27.3 Å². The highest BCUT2D eigenvalue weighted by Crippen LogP contribution is 2.68. The van der Waals surface area contributed by atoms with Gasteiger partial charge in [0.25, 0.3) is 0 Å². The molecule has 0 saturated carbocycles. The smallest absolute Gasteiger partial charge is 0.248 e. The van der Waals surface area contributed by atoms with E-state index in [0.29, 0.717) is 36.6 Å². The number of benzene rings is 2. The molecule has 7 nitrogen and oxygen atoms in total. The molecule has 0 radical (unpaired) electrons. The first kappa shape index (κ1) is 27.0. The fourth-order valence-electron chi connectivity index (χ4n) is 6.60. The van der Waals surface area contributed by atoms with Crippen molar-refractivity contribution in [3.05, 3.63) is 65.2 Å². The van der Waals surface area contributed by atoms with Gasteiger partial charge in [-0.2, -0.15) is 0 Å². The van der Waals surface area contributed by atoms with E-state index >= 15 is 0 Å². The minimum absolute atomic E-state index is 0.0122. The average molecular weight is 556 g/mol. The Morgan fingerprint density at radius 1 is 1.08 bits per heavy atom. The maximum Gasteiger partial charge on any atom is 0.248 e. The van der Waals surface area contributed by atoms with Crippen LogP contribution < -0.4 is 10.6 Å². The number of hydrogen-bond donors (Lipinski definition) is 3. The number of carbonyl (C=O) groups is 3. The zero-order chi connectivity index (χ0) is 26.9.